The van der Waals surface area contributed by atoms with Gasteiger partial charge in [-0.3, -0.25) is 0 Å². The molecule has 0 saturated carbocycles. The first kappa shape index (κ1) is 40.0. The fourth-order valence-electron chi connectivity index (χ4n) is 10.1. The molecule has 10 heteroatoms. The molecule has 4 aromatic heterocycles. The monoisotopic (exact) mass is 897 g/mol. The Balaban J connectivity index is 1.15. The van der Waals surface area contributed by atoms with E-state index in [9.17, 15) is 18.4 Å². The summed E-state index contributed by atoms with van der Waals surface area (Å²) in [6.07, 6.45) is -4.50. The SMILES string of the molecule is N#Cc1ccc(-n2c3ccccc3c3c2c2c4ccccc4n(-c4ccc(C(F)(F)F)cc4)c2c2c4ccccc4n(-c4ccc(-c5nc(-c6ccccc6)nc(-c6ccccc6)n5)cc4)c32)cc1. The molecule has 4 heterocycles. The lowest BCUT2D eigenvalue weighted by Gasteiger charge is -2.14. The molecule has 0 aliphatic carbocycles. The molecule has 69 heavy (non-hydrogen) atoms. The lowest BCUT2D eigenvalue weighted by molar-refractivity contribution is -0.137. The lowest BCUT2D eigenvalue weighted by Crippen LogP contribution is -2.05. The van der Waals surface area contributed by atoms with Gasteiger partial charge in [0.05, 0.1) is 50.3 Å². The molecule has 7 nitrogen and oxygen atoms in total. The maximum Gasteiger partial charge on any atom is 0.416 e. The van der Waals surface area contributed by atoms with E-state index in [1.165, 1.54) is 0 Å². The molecule has 13 rings (SSSR count). The van der Waals surface area contributed by atoms with Crippen molar-refractivity contribution in [3.63, 3.8) is 0 Å². The van der Waals surface area contributed by atoms with Crippen LogP contribution in [0.5, 0.6) is 0 Å². The van der Waals surface area contributed by atoms with Crippen molar-refractivity contribution in [2.45, 2.75) is 6.18 Å². The molecule has 0 atom stereocenters. The number of alkyl halides is 3. The first-order valence-electron chi connectivity index (χ1n) is 22.4. The normalized spacial score (nSPS) is 12.0. The van der Waals surface area contributed by atoms with Crippen LogP contribution in [0.25, 0.3) is 117 Å². The van der Waals surface area contributed by atoms with Crippen molar-refractivity contribution in [1.29, 1.82) is 5.26 Å². The second-order valence-corrected chi connectivity index (χ2v) is 17.0. The van der Waals surface area contributed by atoms with Gasteiger partial charge >= 0.3 is 6.18 Å². The van der Waals surface area contributed by atoms with E-state index in [1.807, 2.05) is 133 Å². The van der Waals surface area contributed by atoms with E-state index in [1.54, 1.807) is 12.1 Å². The highest BCUT2D eigenvalue weighted by molar-refractivity contribution is 6.40. The number of nitrogens with zero attached hydrogens (tertiary/aromatic N) is 7. The number of para-hydroxylation sites is 3. The number of aromatic nitrogens is 6. The first-order valence-corrected chi connectivity index (χ1v) is 22.4. The maximum atomic E-state index is 14.1. The Hall–Kier alpha value is -9.33. The van der Waals surface area contributed by atoms with Crippen LogP contribution in [0.15, 0.2) is 206 Å². The summed E-state index contributed by atoms with van der Waals surface area (Å²) >= 11 is 0. The molecule has 0 aliphatic heterocycles. The zero-order valence-electron chi connectivity index (χ0n) is 36.4. The predicted molar refractivity (Wildman–Crippen MR) is 269 cm³/mol. The molecule has 0 aliphatic rings. The number of hydrogen-bond donors (Lipinski definition) is 0. The Morgan fingerprint density at radius 3 is 1.04 bits per heavy atom. The summed E-state index contributed by atoms with van der Waals surface area (Å²) in [5, 5.41) is 15.7. The third kappa shape index (κ3) is 6.25. The summed E-state index contributed by atoms with van der Waals surface area (Å²) < 4.78 is 49.0. The third-order valence-electron chi connectivity index (χ3n) is 13.1. The topological polar surface area (TPSA) is 77.2 Å². The van der Waals surface area contributed by atoms with Gasteiger partial charge in [-0.2, -0.15) is 18.4 Å². The minimum atomic E-state index is -4.50. The summed E-state index contributed by atoms with van der Waals surface area (Å²) in [7, 11) is 0. The number of benzene rings is 9. The number of nitriles is 1. The van der Waals surface area contributed by atoms with Crippen molar-refractivity contribution in [2.75, 3.05) is 0 Å². The van der Waals surface area contributed by atoms with Gasteiger partial charge in [0.1, 0.15) is 0 Å². The van der Waals surface area contributed by atoms with Crippen LogP contribution in [-0.2, 0) is 6.18 Å². The quantitative estimate of drug-likeness (QED) is 0.167. The smallest absolute Gasteiger partial charge is 0.308 e. The standard InChI is InChI=1S/C59H34F3N7/c60-59(61,62)40-27-33-43(34-28-40)69-49-22-12-9-19-46(49)51-53-50(44-17-7-10-20-47(44)67(53)41-29-23-36(35-63)24-30-41)54-52(55(51)69)45-18-8-11-21-48(45)68(54)42-31-25-39(26-32-42)58-65-56(37-13-3-1-4-14-37)64-57(66-58)38-15-5-2-6-16-38/h1-34H. The van der Waals surface area contributed by atoms with Crippen molar-refractivity contribution < 1.29 is 13.2 Å². The van der Waals surface area contributed by atoms with Crippen LogP contribution < -0.4 is 0 Å². The van der Waals surface area contributed by atoms with E-state index in [-0.39, 0.29) is 0 Å². The molecular weight excluding hydrogens is 864 g/mol. The van der Waals surface area contributed by atoms with Crippen molar-refractivity contribution in [3.8, 4) is 57.3 Å². The second-order valence-electron chi connectivity index (χ2n) is 17.0. The summed E-state index contributed by atoms with van der Waals surface area (Å²) in [5.41, 5.74) is 10.2. The van der Waals surface area contributed by atoms with E-state index in [0.29, 0.717) is 28.7 Å². The Morgan fingerprint density at radius 1 is 0.362 bits per heavy atom. The molecule has 0 spiro atoms. The number of fused-ring (bicyclic) bond motifs is 12. The van der Waals surface area contributed by atoms with Crippen LogP contribution in [0.3, 0.4) is 0 Å². The zero-order chi connectivity index (χ0) is 46.4. The molecular formula is C59H34F3N7. The highest BCUT2D eigenvalue weighted by atomic mass is 19.4. The van der Waals surface area contributed by atoms with Crippen LogP contribution in [0.4, 0.5) is 13.2 Å². The van der Waals surface area contributed by atoms with E-state index in [4.69, 9.17) is 15.0 Å². The van der Waals surface area contributed by atoms with Gasteiger partial charge < -0.3 is 13.7 Å². The van der Waals surface area contributed by atoms with E-state index >= 15 is 0 Å². The largest absolute Gasteiger partial charge is 0.416 e. The fraction of sp³-hybridized carbons (Fsp3) is 0.0169. The minimum Gasteiger partial charge on any atom is -0.308 e. The van der Waals surface area contributed by atoms with E-state index < -0.39 is 11.7 Å². The van der Waals surface area contributed by atoms with Gasteiger partial charge in [0, 0.05) is 66.1 Å². The van der Waals surface area contributed by atoms with Gasteiger partial charge in [-0.1, -0.05) is 115 Å². The summed E-state index contributed by atoms with van der Waals surface area (Å²) in [6.45, 7) is 0. The number of hydrogen-bond acceptors (Lipinski definition) is 4. The third-order valence-corrected chi connectivity index (χ3v) is 13.1. The van der Waals surface area contributed by atoms with Crippen molar-refractivity contribution in [3.05, 3.63) is 217 Å². The van der Waals surface area contributed by atoms with Crippen LogP contribution in [-0.4, -0.2) is 28.7 Å². The molecule has 0 saturated heterocycles. The maximum absolute atomic E-state index is 14.1. The summed E-state index contributed by atoms with van der Waals surface area (Å²) in [4.78, 5) is 14.9. The van der Waals surface area contributed by atoms with Gasteiger partial charge in [-0.15, -0.1) is 0 Å². The van der Waals surface area contributed by atoms with E-state index in [2.05, 4.69) is 68.3 Å². The van der Waals surface area contributed by atoms with E-state index in [0.717, 1.165) is 106 Å². The highest BCUT2D eigenvalue weighted by Crippen LogP contribution is 2.50. The number of rotatable bonds is 6. The second kappa shape index (κ2) is 15.4. The van der Waals surface area contributed by atoms with Gasteiger partial charge in [-0.05, 0) is 91.0 Å². The Bertz CT molecular complexity index is 4140. The molecule has 326 valence electrons. The van der Waals surface area contributed by atoms with Gasteiger partial charge in [0.15, 0.2) is 17.5 Å². The molecule has 0 bridgehead atoms. The lowest BCUT2D eigenvalue weighted by atomic mass is 10.0. The Labute approximate surface area is 391 Å². The van der Waals surface area contributed by atoms with Crippen LogP contribution >= 0.6 is 0 Å². The summed E-state index contributed by atoms with van der Waals surface area (Å²) in [5.74, 6) is 1.67. The molecule has 0 radical (unpaired) electrons. The zero-order valence-corrected chi connectivity index (χ0v) is 36.4. The molecule has 9 aromatic carbocycles. The van der Waals surface area contributed by atoms with Crippen LogP contribution in [0.1, 0.15) is 11.1 Å². The number of halogens is 3. The summed E-state index contributed by atoms with van der Waals surface area (Å²) in [6, 6.07) is 68.1. The first-order chi connectivity index (χ1) is 33.8. The van der Waals surface area contributed by atoms with Crippen molar-refractivity contribution in [2.24, 2.45) is 0 Å². The minimum absolute atomic E-state index is 0.534. The van der Waals surface area contributed by atoms with Gasteiger partial charge in [0.25, 0.3) is 0 Å². The van der Waals surface area contributed by atoms with Gasteiger partial charge in [0.2, 0.25) is 0 Å². The van der Waals surface area contributed by atoms with Crippen LogP contribution in [0, 0.1) is 11.3 Å². The Morgan fingerprint density at radius 2 is 0.681 bits per heavy atom. The molecule has 0 unspecified atom stereocenters. The fourth-order valence-corrected chi connectivity index (χ4v) is 10.1. The molecule has 0 fully saturated rings. The average Bonchev–Trinajstić information content (AvgIpc) is 4.05. The average molecular weight is 898 g/mol. The Kier molecular flexibility index (Phi) is 8.91. The van der Waals surface area contributed by atoms with Crippen molar-refractivity contribution in [1.82, 2.24) is 28.7 Å². The predicted octanol–water partition coefficient (Wildman–Crippen LogP) is 15.1. The van der Waals surface area contributed by atoms with Crippen LogP contribution in [0.2, 0.25) is 0 Å². The highest BCUT2D eigenvalue weighted by Gasteiger charge is 2.32. The van der Waals surface area contributed by atoms with Crippen molar-refractivity contribution >= 4 is 65.4 Å². The van der Waals surface area contributed by atoms with Gasteiger partial charge in [-0.25, -0.2) is 15.0 Å². The molecule has 0 amide bonds. The molecule has 0 N–H and O–H groups in total. The molecule has 13 aromatic rings.